The number of alkyl halides is 3. The summed E-state index contributed by atoms with van der Waals surface area (Å²) in [4.78, 5) is 1.20. The predicted molar refractivity (Wildman–Crippen MR) is 69.9 cm³/mol. The fourth-order valence-corrected chi connectivity index (χ4v) is 2.56. The van der Waals surface area contributed by atoms with E-state index in [4.69, 9.17) is 0 Å². The number of thioether (sulfide) groups is 1. The molecule has 0 heterocycles. The van der Waals surface area contributed by atoms with E-state index in [0.29, 0.717) is 6.54 Å². The molecule has 0 aliphatic rings. The molecule has 0 aliphatic heterocycles. The fraction of sp³-hybridized carbons (Fsp3) is 0.538. The molecule has 0 amide bonds. The summed E-state index contributed by atoms with van der Waals surface area (Å²) < 4.78 is 35.7. The number of benzene rings is 1. The second-order valence-corrected chi connectivity index (χ2v) is 5.47. The zero-order chi connectivity index (χ0) is 13.4. The Balaban J connectivity index is 2.09. The maximum atomic E-state index is 11.9. The van der Waals surface area contributed by atoms with E-state index in [-0.39, 0.29) is 5.92 Å². The standard InChI is InChI=1S/C13H18F3NS/c1-11(9-17-10-13(14,15)16)7-8-18-12-5-3-2-4-6-12/h2-6,11,17H,7-10H2,1H3. The van der Waals surface area contributed by atoms with Crippen molar-refractivity contribution in [1.29, 1.82) is 0 Å². The van der Waals surface area contributed by atoms with Crippen LogP contribution in [0.3, 0.4) is 0 Å². The minimum Gasteiger partial charge on any atom is -0.308 e. The topological polar surface area (TPSA) is 12.0 Å². The van der Waals surface area contributed by atoms with E-state index in [9.17, 15) is 13.2 Å². The van der Waals surface area contributed by atoms with Crippen molar-refractivity contribution in [2.24, 2.45) is 5.92 Å². The molecular weight excluding hydrogens is 259 g/mol. The van der Waals surface area contributed by atoms with Crippen molar-refractivity contribution < 1.29 is 13.2 Å². The molecule has 5 heteroatoms. The highest BCUT2D eigenvalue weighted by Crippen LogP contribution is 2.19. The van der Waals surface area contributed by atoms with Gasteiger partial charge in [0.05, 0.1) is 6.54 Å². The molecule has 0 bridgehead atoms. The van der Waals surface area contributed by atoms with Gasteiger partial charge in [-0.1, -0.05) is 25.1 Å². The minimum absolute atomic E-state index is 0.253. The van der Waals surface area contributed by atoms with Crippen LogP contribution in [0.25, 0.3) is 0 Å². The normalized spacial score (nSPS) is 13.6. The summed E-state index contributed by atoms with van der Waals surface area (Å²) in [6.07, 6.45) is -3.21. The molecule has 1 aromatic carbocycles. The molecule has 0 spiro atoms. The van der Waals surface area contributed by atoms with Gasteiger partial charge in [-0.3, -0.25) is 0 Å². The van der Waals surface area contributed by atoms with E-state index in [2.05, 4.69) is 5.32 Å². The van der Waals surface area contributed by atoms with Gasteiger partial charge in [0.25, 0.3) is 0 Å². The summed E-state index contributed by atoms with van der Waals surface area (Å²) in [5, 5.41) is 2.44. The van der Waals surface area contributed by atoms with E-state index < -0.39 is 12.7 Å². The molecule has 0 aliphatic carbocycles. The first-order chi connectivity index (χ1) is 8.47. The van der Waals surface area contributed by atoms with E-state index >= 15 is 0 Å². The molecule has 18 heavy (non-hydrogen) atoms. The molecule has 1 aromatic rings. The second kappa shape index (κ2) is 7.69. The van der Waals surface area contributed by atoms with Crippen LogP contribution in [0.2, 0.25) is 0 Å². The highest BCUT2D eigenvalue weighted by Gasteiger charge is 2.26. The Kier molecular flexibility index (Phi) is 6.57. The number of hydrogen-bond donors (Lipinski definition) is 1. The van der Waals surface area contributed by atoms with E-state index in [1.165, 1.54) is 4.90 Å². The molecule has 1 atom stereocenters. The average molecular weight is 277 g/mol. The Hall–Kier alpha value is -0.680. The fourth-order valence-electron chi connectivity index (χ4n) is 1.46. The van der Waals surface area contributed by atoms with Gasteiger partial charge < -0.3 is 5.32 Å². The van der Waals surface area contributed by atoms with Crippen molar-refractivity contribution >= 4 is 11.8 Å². The van der Waals surface area contributed by atoms with Crippen LogP contribution in [0.4, 0.5) is 13.2 Å². The Labute approximate surface area is 110 Å². The Bertz CT molecular complexity index is 327. The molecule has 0 saturated carbocycles. The van der Waals surface area contributed by atoms with Gasteiger partial charge in [0.2, 0.25) is 0 Å². The lowest BCUT2D eigenvalue weighted by Gasteiger charge is -2.13. The maximum Gasteiger partial charge on any atom is 0.401 e. The van der Waals surface area contributed by atoms with Crippen molar-refractivity contribution in [2.45, 2.75) is 24.4 Å². The number of rotatable bonds is 7. The maximum absolute atomic E-state index is 11.9. The lowest BCUT2D eigenvalue weighted by Crippen LogP contribution is -2.32. The van der Waals surface area contributed by atoms with Gasteiger partial charge in [-0.25, -0.2) is 0 Å². The van der Waals surface area contributed by atoms with E-state index in [1.807, 2.05) is 37.3 Å². The molecule has 102 valence electrons. The van der Waals surface area contributed by atoms with Crippen LogP contribution in [0.5, 0.6) is 0 Å². The second-order valence-electron chi connectivity index (χ2n) is 4.30. The van der Waals surface area contributed by atoms with Crippen molar-refractivity contribution in [3.8, 4) is 0 Å². The summed E-state index contributed by atoms with van der Waals surface area (Å²) in [6, 6.07) is 10.0. The minimum atomic E-state index is -4.11. The molecule has 1 nitrogen and oxygen atoms in total. The van der Waals surface area contributed by atoms with Crippen LogP contribution < -0.4 is 5.32 Å². The van der Waals surface area contributed by atoms with Gasteiger partial charge in [0, 0.05) is 4.90 Å². The molecule has 0 aromatic heterocycles. The van der Waals surface area contributed by atoms with Gasteiger partial charge in [-0.15, -0.1) is 11.8 Å². The zero-order valence-electron chi connectivity index (χ0n) is 10.3. The first kappa shape index (κ1) is 15.4. The lowest BCUT2D eigenvalue weighted by atomic mass is 10.1. The average Bonchev–Trinajstić information content (AvgIpc) is 2.28. The third kappa shape index (κ3) is 7.61. The highest BCUT2D eigenvalue weighted by molar-refractivity contribution is 7.99. The van der Waals surface area contributed by atoms with Crippen LogP contribution >= 0.6 is 11.8 Å². The van der Waals surface area contributed by atoms with Gasteiger partial charge in [0.15, 0.2) is 0 Å². The SMILES string of the molecule is CC(CCSc1ccccc1)CNCC(F)(F)F. The highest BCUT2D eigenvalue weighted by atomic mass is 32.2. The smallest absolute Gasteiger partial charge is 0.308 e. The van der Waals surface area contributed by atoms with E-state index in [0.717, 1.165) is 12.2 Å². The first-order valence-electron chi connectivity index (χ1n) is 5.92. The molecule has 0 radical (unpaired) electrons. The summed E-state index contributed by atoms with van der Waals surface area (Å²) in [6.45, 7) is 1.48. The Morgan fingerprint density at radius 1 is 1.22 bits per heavy atom. The van der Waals surface area contributed by atoms with Crippen LogP contribution in [-0.2, 0) is 0 Å². The summed E-state index contributed by atoms with van der Waals surface area (Å²) in [5.74, 6) is 1.18. The van der Waals surface area contributed by atoms with Crippen LogP contribution in [0, 0.1) is 5.92 Å². The molecule has 1 unspecified atom stereocenters. The van der Waals surface area contributed by atoms with Crippen molar-refractivity contribution in [1.82, 2.24) is 5.32 Å². The van der Waals surface area contributed by atoms with Crippen molar-refractivity contribution in [3.05, 3.63) is 30.3 Å². The molecule has 1 N–H and O–H groups in total. The Morgan fingerprint density at radius 3 is 2.50 bits per heavy atom. The van der Waals surface area contributed by atoms with E-state index in [1.54, 1.807) is 11.8 Å². The van der Waals surface area contributed by atoms with Crippen LogP contribution in [0.1, 0.15) is 13.3 Å². The summed E-state index contributed by atoms with van der Waals surface area (Å²) in [5.41, 5.74) is 0. The molecule has 1 rings (SSSR count). The number of nitrogens with one attached hydrogen (secondary N) is 1. The van der Waals surface area contributed by atoms with Gasteiger partial charge in [-0.05, 0) is 36.8 Å². The quantitative estimate of drug-likeness (QED) is 0.757. The van der Waals surface area contributed by atoms with Crippen LogP contribution in [0.15, 0.2) is 35.2 Å². The summed E-state index contributed by atoms with van der Waals surface area (Å²) >= 11 is 1.74. The number of hydrogen-bond acceptors (Lipinski definition) is 2. The lowest BCUT2D eigenvalue weighted by molar-refractivity contribution is -0.125. The zero-order valence-corrected chi connectivity index (χ0v) is 11.2. The van der Waals surface area contributed by atoms with Gasteiger partial charge in [0.1, 0.15) is 0 Å². The van der Waals surface area contributed by atoms with Crippen molar-refractivity contribution in [2.75, 3.05) is 18.8 Å². The largest absolute Gasteiger partial charge is 0.401 e. The monoisotopic (exact) mass is 277 g/mol. The van der Waals surface area contributed by atoms with Gasteiger partial charge >= 0.3 is 6.18 Å². The van der Waals surface area contributed by atoms with Crippen molar-refractivity contribution in [3.63, 3.8) is 0 Å². The summed E-state index contributed by atoms with van der Waals surface area (Å²) in [7, 11) is 0. The first-order valence-corrected chi connectivity index (χ1v) is 6.91. The molecular formula is C13H18F3NS. The van der Waals surface area contributed by atoms with Gasteiger partial charge in [-0.2, -0.15) is 13.2 Å². The molecule has 0 saturated heterocycles. The third-order valence-electron chi connectivity index (χ3n) is 2.44. The Morgan fingerprint density at radius 2 is 1.89 bits per heavy atom. The van der Waals surface area contributed by atoms with Crippen LogP contribution in [-0.4, -0.2) is 25.0 Å². The predicted octanol–water partition coefficient (Wildman–Crippen LogP) is 3.96. The number of halogens is 3. The molecule has 0 fully saturated rings. The third-order valence-corrected chi connectivity index (χ3v) is 3.49.